The van der Waals surface area contributed by atoms with Crippen LogP contribution in [-0.2, 0) is 0 Å². The molecule has 2 aliphatic carbocycles. The quantitative estimate of drug-likeness (QED) is 0.629. The van der Waals surface area contributed by atoms with E-state index in [1.54, 1.807) is 0 Å². The van der Waals surface area contributed by atoms with Gasteiger partial charge in [0, 0.05) is 25.7 Å². The van der Waals surface area contributed by atoms with Crippen LogP contribution in [0, 0.1) is 30.9 Å². The van der Waals surface area contributed by atoms with E-state index in [9.17, 15) is 0 Å². The Morgan fingerprint density at radius 2 is 1.06 bits per heavy atom. The molecule has 0 aromatic rings. The first-order chi connectivity index (χ1) is 8.74. The van der Waals surface area contributed by atoms with Gasteiger partial charge in [0.05, 0.1) is 0 Å². The van der Waals surface area contributed by atoms with E-state index >= 15 is 0 Å². The molecular weight excluding hydrogens is 220 g/mol. The van der Waals surface area contributed by atoms with E-state index in [1.807, 2.05) is 0 Å². The Morgan fingerprint density at radius 3 is 1.33 bits per heavy atom. The van der Waals surface area contributed by atoms with Gasteiger partial charge in [-0.15, -0.1) is 0 Å². The van der Waals surface area contributed by atoms with Gasteiger partial charge < -0.3 is 9.69 Å². The maximum atomic E-state index is 7.11. The van der Waals surface area contributed by atoms with E-state index in [1.165, 1.54) is 25.7 Å². The molecule has 2 saturated carbocycles. The lowest BCUT2D eigenvalue weighted by atomic mass is 9.69. The largest absolute Gasteiger partial charge is 0.314 e. The van der Waals surface area contributed by atoms with Crippen LogP contribution in [0.25, 0.3) is 9.69 Å². The summed E-state index contributed by atoms with van der Waals surface area (Å²) >= 11 is 0. The van der Waals surface area contributed by atoms with Crippen molar-refractivity contribution in [1.29, 1.82) is 0 Å². The van der Waals surface area contributed by atoms with Crippen molar-refractivity contribution in [3.63, 3.8) is 0 Å². The van der Waals surface area contributed by atoms with Crippen molar-refractivity contribution in [3.05, 3.63) is 22.8 Å². The van der Waals surface area contributed by atoms with Crippen LogP contribution < -0.4 is 0 Å². The Labute approximate surface area is 111 Å². The number of rotatable bonds is 2. The number of nitrogens with zero attached hydrogens (tertiary/aromatic N) is 2. The van der Waals surface area contributed by atoms with Gasteiger partial charge in [-0.2, -0.15) is 0 Å². The van der Waals surface area contributed by atoms with E-state index in [4.69, 9.17) is 13.1 Å². The molecule has 0 aromatic heterocycles. The molecule has 98 valence electrons. The summed E-state index contributed by atoms with van der Waals surface area (Å²) < 4.78 is 0. The highest BCUT2D eigenvalue weighted by Crippen LogP contribution is 2.40. The van der Waals surface area contributed by atoms with Gasteiger partial charge in [0.1, 0.15) is 0 Å². The predicted octanol–water partition coefficient (Wildman–Crippen LogP) is 4.58. The Balaban J connectivity index is 1.80. The van der Waals surface area contributed by atoms with Crippen molar-refractivity contribution >= 4 is 0 Å². The van der Waals surface area contributed by atoms with Crippen LogP contribution in [0.4, 0.5) is 0 Å². The van der Waals surface area contributed by atoms with Crippen LogP contribution in [-0.4, -0.2) is 12.1 Å². The summed E-state index contributed by atoms with van der Waals surface area (Å²) in [5, 5.41) is 0. The first-order valence-electron chi connectivity index (χ1n) is 7.47. The van der Waals surface area contributed by atoms with Crippen molar-refractivity contribution in [2.75, 3.05) is 0 Å². The van der Waals surface area contributed by atoms with Crippen molar-refractivity contribution in [2.24, 2.45) is 17.8 Å². The molecule has 0 unspecified atom stereocenters. The van der Waals surface area contributed by atoms with Gasteiger partial charge in [0.25, 0.3) is 0 Å². The summed E-state index contributed by atoms with van der Waals surface area (Å²) in [6.07, 6.45) is 9.53. The highest BCUT2D eigenvalue weighted by Gasteiger charge is 2.34. The minimum absolute atomic E-state index is 0.311. The molecule has 18 heavy (non-hydrogen) atoms. The van der Waals surface area contributed by atoms with E-state index in [0.29, 0.717) is 12.1 Å². The molecule has 2 aliphatic rings. The second kappa shape index (κ2) is 6.24. The van der Waals surface area contributed by atoms with E-state index < -0.39 is 0 Å². The molecule has 0 amide bonds. The molecule has 0 aromatic carbocycles. The molecule has 0 aliphatic heterocycles. The first kappa shape index (κ1) is 13.4. The van der Waals surface area contributed by atoms with Crippen molar-refractivity contribution < 1.29 is 0 Å². The van der Waals surface area contributed by atoms with Crippen molar-refractivity contribution in [2.45, 2.75) is 70.4 Å². The van der Waals surface area contributed by atoms with Crippen molar-refractivity contribution in [1.82, 2.24) is 0 Å². The zero-order valence-corrected chi connectivity index (χ0v) is 11.4. The van der Waals surface area contributed by atoms with Gasteiger partial charge in [-0.1, -0.05) is 6.92 Å². The van der Waals surface area contributed by atoms with Crippen molar-refractivity contribution in [3.8, 4) is 0 Å². The van der Waals surface area contributed by atoms with E-state index in [2.05, 4.69) is 16.6 Å². The zero-order valence-electron chi connectivity index (χ0n) is 11.4. The maximum Gasteiger partial charge on any atom is 0.223 e. The molecular formula is C16H24N2. The Hall–Kier alpha value is -1.02. The molecule has 0 atom stereocenters. The lowest BCUT2D eigenvalue weighted by molar-refractivity contribution is 0.155. The lowest BCUT2D eigenvalue weighted by Gasteiger charge is -2.35. The zero-order chi connectivity index (χ0) is 13.0. The first-order valence-corrected chi connectivity index (χ1v) is 7.47. The Kier molecular flexibility index (Phi) is 4.65. The van der Waals surface area contributed by atoms with Gasteiger partial charge in [0.2, 0.25) is 12.1 Å². The fraction of sp³-hybridized carbons (Fsp3) is 0.875. The second-order valence-corrected chi connectivity index (χ2v) is 6.25. The average Bonchev–Trinajstić information content (AvgIpc) is 2.47. The van der Waals surface area contributed by atoms with Crippen LogP contribution in [0.15, 0.2) is 0 Å². The van der Waals surface area contributed by atoms with Crippen LogP contribution in [0.5, 0.6) is 0 Å². The molecule has 0 bridgehead atoms. The number of hydrogen-bond acceptors (Lipinski definition) is 0. The second-order valence-electron chi connectivity index (χ2n) is 6.25. The Bertz CT molecular complexity index is 299. The van der Waals surface area contributed by atoms with Crippen LogP contribution in [0.1, 0.15) is 58.3 Å². The molecule has 0 radical (unpaired) electrons. The van der Waals surface area contributed by atoms with E-state index in [-0.39, 0.29) is 0 Å². The fourth-order valence-corrected chi connectivity index (χ4v) is 3.90. The lowest BCUT2D eigenvalue weighted by Crippen LogP contribution is -2.29. The summed E-state index contributed by atoms with van der Waals surface area (Å²) in [5.74, 6) is 2.50. The third kappa shape index (κ3) is 3.05. The molecule has 0 saturated heterocycles. The van der Waals surface area contributed by atoms with Gasteiger partial charge >= 0.3 is 0 Å². The highest BCUT2D eigenvalue weighted by atomic mass is 14.7. The third-order valence-corrected chi connectivity index (χ3v) is 5.34. The Morgan fingerprint density at radius 1 is 0.722 bits per heavy atom. The van der Waals surface area contributed by atoms with Gasteiger partial charge in [-0.3, -0.25) is 0 Å². The molecule has 0 heterocycles. The third-order valence-electron chi connectivity index (χ3n) is 5.34. The minimum atomic E-state index is 0.311. The molecule has 0 N–H and O–H groups in total. The smallest absolute Gasteiger partial charge is 0.223 e. The normalized spacial score (nSPS) is 38.4. The average molecular weight is 244 g/mol. The molecule has 0 spiro atoms. The summed E-state index contributed by atoms with van der Waals surface area (Å²) in [5.41, 5.74) is 0. The summed E-state index contributed by atoms with van der Waals surface area (Å²) in [6.45, 7) is 16.6. The van der Waals surface area contributed by atoms with Crippen LogP contribution in [0.3, 0.4) is 0 Å². The summed E-state index contributed by atoms with van der Waals surface area (Å²) in [6, 6.07) is 0.623. The van der Waals surface area contributed by atoms with Gasteiger partial charge in [-0.25, -0.2) is 13.1 Å². The van der Waals surface area contributed by atoms with Gasteiger partial charge in [0.15, 0.2) is 0 Å². The molecule has 2 heteroatoms. The SMILES string of the molecule is [C-]#[N+]C1CCC(C(C)C2CCC([N+]#[C-])CC2)CC1. The van der Waals surface area contributed by atoms with E-state index in [0.717, 1.165) is 43.4 Å². The number of hydrogen-bond donors (Lipinski definition) is 0. The monoisotopic (exact) mass is 244 g/mol. The van der Waals surface area contributed by atoms with Crippen LogP contribution >= 0.6 is 0 Å². The maximum absolute atomic E-state index is 7.11. The molecule has 2 rings (SSSR count). The van der Waals surface area contributed by atoms with Crippen LogP contribution in [0.2, 0.25) is 0 Å². The predicted molar refractivity (Wildman–Crippen MR) is 73.9 cm³/mol. The molecule has 2 fully saturated rings. The summed E-state index contributed by atoms with van der Waals surface area (Å²) in [7, 11) is 0. The minimum Gasteiger partial charge on any atom is -0.314 e. The molecule has 2 nitrogen and oxygen atoms in total. The fourth-order valence-electron chi connectivity index (χ4n) is 3.90. The standard InChI is InChI=1S/C16H24N2/c1-12(13-4-8-15(17-2)9-5-13)14-6-10-16(18-3)11-7-14/h12-16H,4-11H2,1H3. The van der Waals surface area contributed by atoms with Gasteiger partial charge in [-0.05, 0) is 43.4 Å². The topological polar surface area (TPSA) is 8.72 Å². The summed E-state index contributed by atoms with van der Waals surface area (Å²) in [4.78, 5) is 7.38. The highest BCUT2D eigenvalue weighted by molar-refractivity contribution is 4.90.